The number of benzene rings is 1. The van der Waals surface area contributed by atoms with E-state index in [2.05, 4.69) is 20.7 Å². The van der Waals surface area contributed by atoms with Crippen molar-refractivity contribution in [2.24, 2.45) is 5.73 Å². The second-order valence-electron chi connectivity index (χ2n) is 3.90. The Labute approximate surface area is 121 Å². The third kappa shape index (κ3) is 3.82. The van der Waals surface area contributed by atoms with Gasteiger partial charge in [0.05, 0.1) is 18.7 Å². The second-order valence-corrected chi connectivity index (χ2v) is 6.43. The average Bonchev–Trinajstić information content (AvgIpc) is 2.37. The lowest BCUT2D eigenvalue weighted by atomic mass is 10.3. The van der Waals surface area contributed by atoms with Crippen LogP contribution < -0.4 is 19.9 Å². The predicted molar refractivity (Wildman–Crippen MR) is 76.1 cm³/mol. The summed E-state index contributed by atoms with van der Waals surface area (Å²) in [7, 11) is -0.817. The highest BCUT2D eigenvalue weighted by Crippen LogP contribution is 2.35. The van der Waals surface area contributed by atoms with Crippen molar-refractivity contribution in [3.63, 3.8) is 0 Å². The lowest BCUT2D eigenvalue weighted by molar-refractivity contribution is 0.384. The average molecular weight is 353 g/mol. The molecule has 1 aromatic carbocycles. The van der Waals surface area contributed by atoms with Gasteiger partial charge < -0.3 is 15.2 Å². The maximum Gasteiger partial charge on any atom is 0.244 e. The van der Waals surface area contributed by atoms with Gasteiger partial charge in [0.15, 0.2) is 0 Å². The normalized spacial score (nSPS) is 13.1. The molecular formula is C11H17BrN2O4S. The topological polar surface area (TPSA) is 90.6 Å². The van der Waals surface area contributed by atoms with E-state index in [1.807, 2.05) is 0 Å². The van der Waals surface area contributed by atoms with Crippen LogP contribution in [-0.4, -0.2) is 35.2 Å². The number of halogens is 1. The van der Waals surface area contributed by atoms with Crippen LogP contribution in [0.4, 0.5) is 0 Å². The van der Waals surface area contributed by atoms with Gasteiger partial charge in [0.1, 0.15) is 16.4 Å². The van der Waals surface area contributed by atoms with E-state index >= 15 is 0 Å². The molecule has 108 valence electrons. The van der Waals surface area contributed by atoms with Crippen LogP contribution >= 0.6 is 15.9 Å². The Kier molecular flexibility index (Phi) is 5.60. The second kappa shape index (κ2) is 6.56. The summed E-state index contributed by atoms with van der Waals surface area (Å²) in [6.45, 7) is 1.89. The van der Waals surface area contributed by atoms with Crippen molar-refractivity contribution in [1.29, 1.82) is 0 Å². The lowest BCUT2D eigenvalue weighted by Gasteiger charge is -2.16. The van der Waals surface area contributed by atoms with Gasteiger partial charge in [-0.25, -0.2) is 13.1 Å². The first kappa shape index (κ1) is 16.2. The number of nitrogens with one attached hydrogen (secondary N) is 1. The highest BCUT2D eigenvalue weighted by molar-refractivity contribution is 9.10. The molecule has 0 bridgehead atoms. The summed E-state index contributed by atoms with van der Waals surface area (Å²) in [5.41, 5.74) is 5.42. The summed E-state index contributed by atoms with van der Waals surface area (Å²) in [5.74, 6) is 0.694. The van der Waals surface area contributed by atoms with E-state index in [0.29, 0.717) is 10.2 Å². The molecule has 0 saturated heterocycles. The number of sulfonamides is 1. The Morgan fingerprint density at radius 1 is 1.32 bits per heavy atom. The SMILES string of the molecule is COc1cc(OC)c(S(=O)(=O)N[C@@H](C)CN)cc1Br. The number of hydrogen-bond acceptors (Lipinski definition) is 5. The zero-order chi connectivity index (χ0) is 14.6. The molecule has 0 aromatic heterocycles. The van der Waals surface area contributed by atoms with E-state index in [0.717, 1.165) is 0 Å². The minimum absolute atomic E-state index is 0.0305. The van der Waals surface area contributed by atoms with Crippen LogP contribution in [-0.2, 0) is 10.0 Å². The van der Waals surface area contributed by atoms with Gasteiger partial charge in [-0.3, -0.25) is 0 Å². The van der Waals surface area contributed by atoms with Crippen LogP contribution in [0, 0.1) is 0 Å². The van der Waals surface area contributed by atoms with Crippen molar-refractivity contribution in [3.05, 3.63) is 16.6 Å². The largest absolute Gasteiger partial charge is 0.495 e. The van der Waals surface area contributed by atoms with Gasteiger partial charge in [0, 0.05) is 18.7 Å². The molecule has 19 heavy (non-hydrogen) atoms. The quantitative estimate of drug-likeness (QED) is 0.799. The molecule has 8 heteroatoms. The van der Waals surface area contributed by atoms with Crippen molar-refractivity contribution in [2.45, 2.75) is 17.9 Å². The van der Waals surface area contributed by atoms with Gasteiger partial charge in [-0.2, -0.15) is 0 Å². The molecular weight excluding hydrogens is 336 g/mol. The number of rotatable bonds is 6. The van der Waals surface area contributed by atoms with E-state index in [-0.39, 0.29) is 23.2 Å². The molecule has 6 nitrogen and oxygen atoms in total. The molecule has 0 heterocycles. The van der Waals surface area contributed by atoms with Gasteiger partial charge in [-0.15, -0.1) is 0 Å². The first-order chi connectivity index (χ1) is 8.85. The van der Waals surface area contributed by atoms with Gasteiger partial charge in [-0.1, -0.05) is 0 Å². The Morgan fingerprint density at radius 3 is 2.37 bits per heavy atom. The molecule has 1 rings (SSSR count). The third-order valence-corrected chi connectivity index (χ3v) is 4.67. The first-order valence-electron chi connectivity index (χ1n) is 5.49. The molecule has 3 N–H and O–H groups in total. The number of nitrogens with two attached hydrogens (primary N) is 1. The van der Waals surface area contributed by atoms with Crippen LogP contribution in [0.5, 0.6) is 11.5 Å². The van der Waals surface area contributed by atoms with Gasteiger partial charge in [0.2, 0.25) is 10.0 Å². The predicted octanol–water partition coefficient (Wildman–Crippen LogP) is 1.09. The Morgan fingerprint density at radius 2 is 1.89 bits per heavy atom. The maximum absolute atomic E-state index is 12.2. The van der Waals surface area contributed by atoms with Crippen LogP contribution in [0.15, 0.2) is 21.5 Å². The molecule has 0 amide bonds. The molecule has 0 fully saturated rings. The van der Waals surface area contributed by atoms with Gasteiger partial charge in [0.25, 0.3) is 0 Å². The van der Waals surface area contributed by atoms with Crippen molar-refractivity contribution in [1.82, 2.24) is 4.72 Å². The zero-order valence-corrected chi connectivity index (χ0v) is 13.3. The van der Waals surface area contributed by atoms with Gasteiger partial charge >= 0.3 is 0 Å². The van der Waals surface area contributed by atoms with Crippen LogP contribution in [0.25, 0.3) is 0 Å². The van der Waals surface area contributed by atoms with Gasteiger partial charge in [-0.05, 0) is 28.9 Å². The van der Waals surface area contributed by atoms with E-state index < -0.39 is 10.0 Å². The molecule has 0 saturated carbocycles. The molecule has 0 unspecified atom stereocenters. The Balaban J connectivity index is 3.29. The van der Waals surface area contributed by atoms with Crippen LogP contribution in [0.3, 0.4) is 0 Å². The summed E-state index contributed by atoms with van der Waals surface area (Å²) in [5, 5.41) is 0. The monoisotopic (exact) mass is 352 g/mol. The van der Waals surface area contributed by atoms with Crippen LogP contribution in [0.2, 0.25) is 0 Å². The molecule has 0 aliphatic rings. The van der Waals surface area contributed by atoms with E-state index in [1.54, 1.807) is 6.92 Å². The molecule has 1 aromatic rings. The number of hydrogen-bond donors (Lipinski definition) is 2. The van der Waals surface area contributed by atoms with E-state index in [4.69, 9.17) is 15.2 Å². The summed E-state index contributed by atoms with van der Waals surface area (Å²) < 4.78 is 37.6. The fourth-order valence-corrected chi connectivity index (χ4v) is 3.51. The summed E-state index contributed by atoms with van der Waals surface area (Å²) in [4.78, 5) is 0.0305. The van der Waals surface area contributed by atoms with E-state index in [1.165, 1.54) is 26.4 Å². The fraction of sp³-hybridized carbons (Fsp3) is 0.455. The Hall–Kier alpha value is -0.830. The minimum Gasteiger partial charge on any atom is -0.495 e. The third-order valence-electron chi connectivity index (χ3n) is 2.44. The molecule has 1 atom stereocenters. The number of ether oxygens (including phenoxy) is 2. The molecule has 0 radical (unpaired) electrons. The summed E-state index contributed by atoms with van der Waals surface area (Å²) >= 11 is 3.25. The Bertz CT molecular complexity index is 548. The van der Waals surface area contributed by atoms with Crippen molar-refractivity contribution < 1.29 is 17.9 Å². The van der Waals surface area contributed by atoms with E-state index in [9.17, 15) is 8.42 Å². The molecule has 0 aliphatic carbocycles. The summed E-state index contributed by atoms with van der Waals surface area (Å²) in [6.07, 6.45) is 0. The first-order valence-corrected chi connectivity index (χ1v) is 7.77. The highest BCUT2D eigenvalue weighted by atomic mass is 79.9. The van der Waals surface area contributed by atoms with Crippen molar-refractivity contribution in [3.8, 4) is 11.5 Å². The summed E-state index contributed by atoms with van der Waals surface area (Å²) in [6, 6.07) is 2.57. The molecule has 0 aliphatic heterocycles. The highest BCUT2D eigenvalue weighted by Gasteiger charge is 2.23. The fourth-order valence-electron chi connectivity index (χ4n) is 1.42. The minimum atomic E-state index is -3.70. The standard InChI is InChI=1S/C11H17BrN2O4S/c1-7(6-13)14-19(15,16)11-4-8(12)9(17-2)5-10(11)18-3/h4-5,7,14H,6,13H2,1-3H3/t7-/m0/s1. The lowest BCUT2D eigenvalue weighted by Crippen LogP contribution is -2.37. The maximum atomic E-state index is 12.2. The smallest absolute Gasteiger partial charge is 0.244 e. The number of methoxy groups -OCH3 is 2. The zero-order valence-electron chi connectivity index (χ0n) is 10.9. The van der Waals surface area contributed by atoms with Crippen LogP contribution in [0.1, 0.15) is 6.92 Å². The van der Waals surface area contributed by atoms with Crippen molar-refractivity contribution >= 4 is 26.0 Å². The molecule has 0 spiro atoms. The van der Waals surface area contributed by atoms with Crippen molar-refractivity contribution in [2.75, 3.05) is 20.8 Å².